The van der Waals surface area contributed by atoms with E-state index in [1.54, 1.807) is 13.3 Å². The molecular formula is C21H29N7O3. The largest absolute Gasteiger partial charge is 0.446 e. The summed E-state index contributed by atoms with van der Waals surface area (Å²) in [7, 11) is 3.61. The van der Waals surface area contributed by atoms with Crippen molar-refractivity contribution in [3.63, 3.8) is 0 Å². The van der Waals surface area contributed by atoms with Crippen molar-refractivity contribution in [2.24, 2.45) is 7.05 Å². The van der Waals surface area contributed by atoms with Gasteiger partial charge < -0.3 is 24.7 Å². The number of anilines is 2. The Morgan fingerprint density at radius 3 is 3.00 bits per heavy atom. The molecule has 0 bridgehead atoms. The molecular weight excluding hydrogens is 398 g/mol. The first-order valence-corrected chi connectivity index (χ1v) is 10.5. The Bertz CT molecular complexity index is 1060. The number of methoxy groups -OCH3 is 1. The molecule has 0 aromatic carbocycles. The van der Waals surface area contributed by atoms with Crippen LogP contribution in [0.15, 0.2) is 18.3 Å². The molecule has 2 unspecified atom stereocenters. The number of carbonyl (C=O) groups is 1. The van der Waals surface area contributed by atoms with Crippen LogP contribution in [0.4, 0.5) is 16.4 Å². The van der Waals surface area contributed by atoms with Gasteiger partial charge in [-0.05, 0) is 39.2 Å². The lowest BCUT2D eigenvalue weighted by Crippen LogP contribution is -2.33. The van der Waals surface area contributed by atoms with E-state index in [0.717, 1.165) is 41.8 Å². The second kappa shape index (κ2) is 8.93. The van der Waals surface area contributed by atoms with E-state index in [-0.39, 0.29) is 24.2 Å². The molecule has 3 heterocycles. The summed E-state index contributed by atoms with van der Waals surface area (Å²) in [4.78, 5) is 21.0. The van der Waals surface area contributed by atoms with Crippen LogP contribution < -0.4 is 10.6 Å². The molecule has 166 valence electrons. The summed E-state index contributed by atoms with van der Waals surface area (Å²) in [5.74, 6) is 2.42. The maximum Gasteiger partial charge on any atom is 0.407 e. The van der Waals surface area contributed by atoms with Crippen LogP contribution in [0.25, 0.3) is 11.0 Å². The van der Waals surface area contributed by atoms with Crippen LogP contribution in [-0.2, 0) is 23.1 Å². The number of fused-ring (bicyclic) bond motifs is 1. The lowest BCUT2D eigenvalue weighted by atomic mass is 10.0. The fraction of sp³-hybridized carbons (Fsp3) is 0.524. The number of nitrogens with one attached hydrogen (secondary N) is 3. The van der Waals surface area contributed by atoms with Crippen molar-refractivity contribution in [1.29, 1.82) is 0 Å². The average molecular weight is 428 g/mol. The summed E-state index contributed by atoms with van der Waals surface area (Å²) in [6.45, 7) is 4.25. The molecule has 0 saturated heterocycles. The van der Waals surface area contributed by atoms with Gasteiger partial charge in [0.05, 0.1) is 5.52 Å². The minimum Gasteiger partial charge on any atom is -0.446 e. The van der Waals surface area contributed by atoms with Gasteiger partial charge in [0.1, 0.15) is 24.1 Å². The van der Waals surface area contributed by atoms with Gasteiger partial charge in [-0.15, -0.1) is 0 Å². The SMILES string of the molecule is COCc1nc2c(Nc3cc(C4CCC(OC(=O)NC(C)C)C4)[nH]n3)nccc2n1C. The Labute approximate surface area is 180 Å². The first-order chi connectivity index (χ1) is 14.9. The Kier molecular flexibility index (Phi) is 6.08. The number of aryl methyl sites for hydroxylation is 1. The molecule has 3 aromatic heterocycles. The van der Waals surface area contributed by atoms with E-state index in [9.17, 15) is 4.79 Å². The number of ether oxygens (including phenoxy) is 2. The summed E-state index contributed by atoms with van der Waals surface area (Å²) in [5.41, 5.74) is 2.76. The maximum absolute atomic E-state index is 11.8. The van der Waals surface area contributed by atoms with Crippen LogP contribution in [0.2, 0.25) is 0 Å². The molecule has 31 heavy (non-hydrogen) atoms. The number of aromatic nitrogens is 5. The lowest BCUT2D eigenvalue weighted by molar-refractivity contribution is 0.0981. The normalized spacial score (nSPS) is 18.6. The first kappa shape index (κ1) is 21.1. The molecule has 3 aromatic rings. The van der Waals surface area contributed by atoms with E-state index in [1.165, 1.54) is 0 Å². The van der Waals surface area contributed by atoms with Crippen LogP contribution in [0.5, 0.6) is 0 Å². The van der Waals surface area contributed by atoms with Gasteiger partial charge in [0, 0.05) is 44.1 Å². The zero-order valence-corrected chi connectivity index (χ0v) is 18.3. The first-order valence-electron chi connectivity index (χ1n) is 10.5. The van der Waals surface area contributed by atoms with E-state index >= 15 is 0 Å². The number of aromatic amines is 1. The Hall–Kier alpha value is -3.14. The number of alkyl carbamates (subject to hydrolysis) is 1. The third-order valence-electron chi connectivity index (χ3n) is 5.51. The minimum atomic E-state index is -0.352. The minimum absolute atomic E-state index is 0.0636. The monoisotopic (exact) mass is 427 g/mol. The van der Waals surface area contributed by atoms with Gasteiger partial charge >= 0.3 is 6.09 Å². The number of amides is 1. The second-order valence-electron chi connectivity index (χ2n) is 8.22. The van der Waals surface area contributed by atoms with Crippen LogP contribution in [0, 0.1) is 0 Å². The van der Waals surface area contributed by atoms with Crippen LogP contribution in [0.1, 0.15) is 50.5 Å². The average Bonchev–Trinajstić information content (AvgIpc) is 3.43. The summed E-state index contributed by atoms with van der Waals surface area (Å²) in [6.07, 6.45) is 3.88. The standard InChI is InChI=1S/C21H29N7O3/c1-12(2)23-21(29)31-14-6-5-13(9-14)15-10-17(27-26-15)24-20-19-16(7-8-22-20)28(3)18(25-19)11-30-4/h7-8,10,12-14H,5-6,9,11H2,1-4H3,(H,23,29)(H2,22,24,26,27). The van der Waals surface area contributed by atoms with Crippen molar-refractivity contribution < 1.29 is 14.3 Å². The molecule has 2 atom stereocenters. The van der Waals surface area contributed by atoms with Gasteiger partial charge in [0.2, 0.25) is 0 Å². The van der Waals surface area contributed by atoms with E-state index < -0.39 is 0 Å². The zero-order valence-electron chi connectivity index (χ0n) is 18.3. The zero-order chi connectivity index (χ0) is 22.0. The highest BCUT2D eigenvalue weighted by atomic mass is 16.6. The molecule has 1 saturated carbocycles. The molecule has 0 spiro atoms. The number of pyridine rings is 1. The van der Waals surface area contributed by atoms with Crippen molar-refractivity contribution in [2.45, 2.75) is 57.8 Å². The molecule has 0 aliphatic heterocycles. The predicted molar refractivity (Wildman–Crippen MR) is 116 cm³/mol. The number of nitrogens with zero attached hydrogens (tertiary/aromatic N) is 4. The van der Waals surface area contributed by atoms with Crippen molar-refractivity contribution in [3.05, 3.63) is 29.8 Å². The number of rotatable bonds is 7. The Morgan fingerprint density at radius 1 is 1.39 bits per heavy atom. The van der Waals surface area contributed by atoms with E-state index in [4.69, 9.17) is 9.47 Å². The Balaban J connectivity index is 1.43. The highest BCUT2D eigenvalue weighted by molar-refractivity contribution is 5.88. The van der Waals surface area contributed by atoms with Gasteiger partial charge in [-0.3, -0.25) is 5.10 Å². The van der Waals surface area contributed by atoms with Gasteiger partial charge in [0.25, 0.3) is 0 Å². The molecule has 1 amide bonds. The summed E-state index contributed by atoms with van der Waals surface area (Å²) in [6, 6.07) is 3.98. The predicted octanol–water partition coefficient (Wildman–Crippen LogP) is 3.35. The number of carbonyl (C=O) groups excluding carboxylic acids is 1. The van der Waals surface area contributed by atoms with Crippen molar-refractivity contribution >= 4 is 28.8 Å². The van der Waals surface area contributed by atoms with Crippen molar-refractivity contribution in [3.8, 4) is 0 Å². The molecule has 3 N–H and O–H groups in total. The quantitative estimate of drug-likeness (QED) is 0.529. The summed E-state index contributed by atoms with van der Waals surface area (Å²) < 4.78 is 12.8. The molecule has 1 aliphatic carbocycles. The van der Waals surface area contributed by atoms with Crippen molar-refractivity contribution in [2.75, 3.05) is 12.4 Å². The molecule has 10 nitrogen and oxygen atoms in total. The van der Waals surface area contributed by atoms with Gasteiger partial charge in [-0.2, -0.15) is 5.10 Å². The fourth-order valence-corrected chi connectivity index (χ4v) is 4.00. The van der Waals surface area contributed by atoms with Gasteiger partial charge in [0.15, 0.2) is 11.6 Å². The van der Waals surface area contributed by atoms with E-state index in [2.05, 4.69) is 30.8 Å². The van der Waals surface area contributed by atoms with Gasteiger partial charge in [-0.25, -0.2) is 14.8 Å². The molecule has 10 heteroatoms. The van der Waals surface area contributed by atoms with E-state index in [1.807, 2.05) is 37.6 Å². The molecule has 1 fully saturated rings. The Morgan fingerprint density at radius 2 is 2.23 bits per heavy atom. The van der Waals surface area contributed by atoms with Crippen LogP contribution >= 0.6 is 0 Å². The number of hydrogen-bond acceptors (Lipinski definition) is 7. The van der Waals surface area contributed by atoms with E-state index in [0.29, 0.717) is 18.2 Å². The smallest absolute Gasteiger partial charge is 0.407 e. The van der Waals surface area contributed by atoms with Crippen LogP contribution in [0.3, 0.4) is 0 Å². The topological polar surface area (TPSA) is 119 Å². The third kappa shape index (κ3) is 4.63. The number of hydrogen-bond donors (Lipinski definition) is 3. The number of imidazole rings is 1. The second-order valence-corrected chi connectivity index (χ2v) is 8.22. The van der Waals surface area contributed by atoms with Crippen molar-refractivity contribution in [1.82, 2.24) is 30.0 Å². The van der Waals surface area contributed by atoms with Gasteiger partial charge in [-0.1, -0.05) is 0 Å². The molecule has 1 aliphatic rings. The molecule has 0 radical (unpaired) electrons. The maximum atomic E-state index is 11.8. The van der Waals surface area contributed by atoms with Crippen LogP contribution in [-0.4, -0.2) is 50.1 Å². The number of H-pyrrole nitrogens is 1. The summed E-state index contributed by atoms with van der Waals surface area (Å²) in [5, 5.41) is 13.6. The third-order valence-corrected chi connectivity index (χ3v) is 5.51. The highest BCUT2D eigenvalue weighted by Crippen LogP contribution is 2.36. The lowest BCUT2D eigenvalue weighted by Gasteiger charge is -2.14. The summed E-state index contributed by atoms with van der Waals surface area (Å²) >= 11 is 0. The fourth-order valence-electron chi connectivity index (χ4n) is 4.00. The molecule has 4 rings (SSSR count). The highest BCUT2D eigenvalue weighted by Gasteiger charge is 2.30.